The van der Waals surface area contributed by atoms with Crippen LogP contribution in [0, 0.1) is 0 Å². The van der Waals surface area contributed by atoms with Crippen LogP contribution in [-0.4, -0.2) is 35.7 Å². The molecule has 0 saturated carbocycles. The summed E-state index contributed by atoms with van der Waals surface area (Å²) in [5, 5.41) is 1.36. The standard InChI is InChI=1S/C16H23N2.HI/c1-18(12-5-2-6-13-18)14-11-17-10-9-15-7-3-4-8-16(15)17;/h3-4,7-10H,2,5-6,11-14H2,1H3;1H/q+1;. The highest BCUT2D eigenvalue weighted by Gasteiger charge is 2.24. The molecule has 0 amide bonds. The van der Waals surface area contributed by atoms with Crippen molar-refractivity contribution >= 4 is 34.9 Å². The fraction of sp³-hybridized carbons (Fsp3) is 0.500. The van der Waals surface area contributed by atoms with Crippen LogP contribution in [0.15, 0.2) is 36.5 Å². The summed E-state index contributed by atoms with van der Waals surface area (Å²) in [6, 6.07) is 10.9. The van der Waals surface area contributed by atoms with E-state index in [1.165, 1.54) is 54.3 Å². The Morgan fingerprint density at radius 1 is 1.05 bits per heavy atom. The van der Waals surface area contributed by atoms with Gasteiger partial charge in [0.05, 0.1) is 33.2 Å². The summed E-state index contributed by atoms with van der Waals surface area (Å²) < 4.78 is 3.67. The first-order valence-electron chi connectivity index (χ1n) is 7.14. The second-order valence-corrected chi connectivity index (χ2v) is 5.92. The Bertz CT molecular complexity index is 526. The highest BCUT2D eigenvalue weighted by Crippen LogP contribution is 2.18. The van der Waals surface area contributed by atoms with Crippen molar-refractivity contribution < 1.29 is 4.48 Å². The zero-order chi connectivity index (χ0) is 12.4. The number of hydrogen-bond acceptors (Lipinski definition) is 0. The normalized spacial score (nSPS) is 18.2. The molecule has 1 aromatic heterocycles. The second-order valence-electron chi connectivity index (χ2n) is 5.92. The maximum absolute atomic E-state index is 2.42. The fourth-order valence-corrected chi connectivity index (χ4v) is 3.18. The molecule has 0 aliphatic carbocycles. The van der Waals surface area contributed by atoms with Gasteiger partial charge in [0.15, 0.2) is 0 Å². The SMILES string of the molecule is C[N+]1(CCn2ccc3ccccc32)CCCCC1.I. The van der Waals surface area contributed by atoms with E-state index < -0.39 is 0 Å². The molecule has 1 saturated heterocycles. The van der Waals surface area contributed by atoms with Crippen LogP contribution in [0.5, 0.6) is 0 Å². The average molecular weight is 371 g/mol. The third-order valence-electron chi connectivity index (χ3n) is 4.46. The summed E-state index contributed by atoms with van der Waals surface area (Å²) in [6.45, 7) is 5.13. The predicted octanol–water partition coefficient (Wildman–Crippen LogP) is 3.89. The summed E-state index contributed by atoms with van der Waals surface area (Å²) in [4.78, 5) is 0. The van der Waals surface area contributed by atoms with Crippen molar-refractivity contribution in [3.8, 4) is 0 Å². The number of hydrogen-bond donors (Lipinski definition) is 0. The number of aromatic nitrogens is 1. The van der Waals surface area contributed by atoms with E-state index in [0.717, 1.165) is 6.54 Å². The Labute approximate surface area is 133 Å². The van der Waals surface area contributed by atoms with Gasteiger partial charge in [-0.05, 0) is 36.8 Å². The molecular formula is C16H24IN2+. The van der Waals surface area contributed by atoms with Crippen molar-refractivity contribution in [1.29, 1.82) is 0 Å². The molecular weight excluding hydrogens is 347 g/mol. The van der Waals surface area contributed by atoms with E-state index in [-0.39, 0.29) is 24.0 Å². The zero-order valence-corrected chi connectivity index (χ0v) is 14.0. The molecule has 0 N–H and O–H groups in total. The number of likely N-dealkylation sites (N-methyl/N-ethyl adjacent to an activating group) is 1. The van der Waals surface area contributed by atoms with Crippen LogP contribution in [0.1, 0.15) is 19.3 Å². The molecule has 1 aliphatic rings. The van der Waals surface area contributed by atoms with Gasteiger partial charge < -0.3 is 9.05 Å². The van der Waals surface area contributed by atoms with Gasteiger partial charge in [0.1, 0.15) is 0 Å². The topological polar surface area (TPSA) is 4.93 Å². The summed E-state index contributed by atoms with van der Waals surface area (Å²) in [5.74, 6) is 0. The minimum Gasteiger partial charge on any atom is -0.342 e. The number of fused-ring (bicyclic) bond motifs is 1. The van der Waals surface area contributed by atoms with E-state index in [2.05, 4.69) is 48.1 Å². The maximum Gasteiger partial charge on any atom is 0.0966 e. The molecule has 0 atom stereocenters. The fourth-order valence-electron chi connectivity index (χ4n) is 3.18. The van der Waals surface area contributed by atoms with Gasteiger partial charge in [-0.1, -0.05) is 18.2 Å². The first-order chi connectivity index (χ1) is 8.77. The van der Waals surface area contributed by atoms with Crippen molar-refractivity contribution in [3.05, 3.63) is 36.5 Å². The molecule has 2 nitrogen and oxygen atoms in total. The third-order valence-corrected chi connectivity index (χ3v) is 4.46. The van der Waals surface area contributed by atoms with E-state index in [1.54, 1.807) is 0 Å². The number of piperidine rings is 1. The van der Waals surface area contributed by atoms with Gasteiger partial charge in [-0.2, -0.15) is 0 Å². The molecule has 1 fully saturated rings. The predicted molar refractivity (Wildman–Crippen MR) is 92.0 cm³/mol. The van der Waals surface area contributed by atoms with Gasteiger partial charge in [0.25, 0.3) is 0 Å². The first kappa shape index (κ1) is 14.9. The number of para-hydroxylation sites is 1. The molecule has 0 radical (unpaired) electrons. The highest BCUT2D eigenvalue weighted by molar-refractivity contribution is 14.0. The number of benzene rings is 1. The summed E-state index contributed by atoms with van der Waals surface area (Å²) >= 11 is 0. The van der Waals surface area contributed by atoms with Crippen molar-refractivity contribution in [3.63, 3.8) is 0 Å². The summed E-state index contributed by atoms with van der Waals surface area (Å²) in [5.41, 5.74) is 1.38. The Kier molecular flexibility index (Phi) is 4.90. The minimum absolute atomic E-state index is 0. The number of halogens is 1. The van der Waals surface area contributed by atoms with Crippen LogP contribution < -0.4 is 0 Å². The number of likely N-dealkylation sites (tertiary alicyclic amines) is 1. The van der Waals surface area contributed by atoms with E-state index in [9.17, 15) is 0 Å². The lowest BCUT2D eigenvalue weighted by Gasteiger charge is -2.38. The van der Waals surface area contributed by atoms with E-state index >= 15 is 0 Å². The van der Waals surface area contributed by atoms with E-state index in [4.69, 9.17) is 0 Å². The molecule has 1 aliphatic heterocycles. The van der Waals surface area contributed by atoms with Crippen molar-refractivity contribution in [2.45, 2.75) is 25.8 Å². The third kappa shape index (κ3) is 3.31. The Morgan fingerprint density at radius 2 is 1.79 bits per heavy atom. The van der Waals surface area contributed by atoms with Crippen LogP contribution >= 0.6 is 24.0 Å². The van der Waals surface area contributed by atoms with Gasteiger partial charge in [0.2, 0.25) is 0 Å². The lowest BCUT2D eigenvalue weighted by Crippen LogP contribution is -2.49. The van der Waals surface area contributed by atoms with Crippen LogP contribution in [0.2, 0.25) is 0 Å². The maximum atomic E-state index is 2.42. The van der Waals surface area contributed by atoms with E-state index in [0.29, 0.717) is 0 Å². The Hall–Kier alpha value is -0.550. The van der Waals surface area contributed by atoms with E-state index in [1.807, 2.05) is 0 Å². The molecule has 2 heterocycles. The lowest BCUT2D eigenvalue weighted by molar-refractivity contribution is -0.914. The minimum atomic E-state index is 0. The second kappa shape index (κ2) is 6.27. The van der Waals surface area contributed by atoms with Crippen molar-refractivity contribution in [1.82, 2.24) is 4.57 Å². The quantitative estimate of drug-likeness (QED) is 0.570. The Balaban J connectivity index is 0.00000133. The van der Waals surface area contributed by atoms with Gasteiger partial charge in [0, 0.05) is 11.7 Å². The molecule has 3 rings (SSSR count). The monoisotopic (exact) mass is 371 g/mol. The number of nitrogens with zero attached hydrogens (tertiary/aromatic N) is 2. The summed E-state index contributed by atoms with van der Waals surface area (Å²) in [6.07, 6.45) is 6.48. The number of rotatable bonds is 3. The molecule has 0 spiro atoms. The zero-order valence-electron chi connectivity index (χ0n) is 11.7. The number of quaternary nitrogens is 1. The van der Waals surface area contributed by atoms with Gasteiger partial charge in [-0.25, -0.2) is 0 Å². The molecule has 1 aromatic carbocycles. The van der Waals surface area contributed by atoms with Crippen LogP contribution in [-0.2, 0) is 6.54 Å². The van der Waals surface area contributed by atoms with Crippen molar-refractivity contribution in [2.75, 3.05) is 26.7 Å². The van der Waals surface area contributed by atoms with Gasteiger partial charge in [-0.3, -0.25) is 0 Å². The average Bonchev–Trinajstić information content (AvgIpc) is 2.81. The molecule has 2 aromatic rings. The van der Waals surface area contributed by atoms with Gasteiger partial charge in [-0.15, -0.1) is 24.0 Å². The van der Waals surface area contributed by atoms with Crippen LogP contribution in [0.3, 0.4) is 0 Å². The molecule has 0 unspecified atom stereocenters. The molecule has 3 heteroatoms. The smallest absolute Gasteiger partial charge is 0.0966 e. The summed E-state index contributed by atoms with van der Waals surface area (Å²) in [7, 11) is 2.42. The Morgan fingerprint density at radius 3 is 2.58 bits per heavy atom. The lowest BCUT2D eigenvalue weighted by atomic mass is 10.1. The van der Waals surface area contributed by atoms with Gasteiger partial charge >= 0.3 is 0 Å². The van der Waals surface area contributed by atoms with Crippen LogP contribution in [0.4, 0.5) is 0 Å². The van der Waals surface area contributed by atoms with Crippen molar-refractivity contribution in [2.24, 2.45) is 0 Å². The largest absolute Gasteiger partial charge is 0.342 e. The highest BCUT2D eigenvalue weighted by atomic mass is 127. The molecule has 104 valence electrons. The molecule has 19 heavy (non-hydrogen) atoms. The first-order valence-corrected chi connectivity index (χ1v) is 7.14. The van der Waals surface area contributed by atoms with Crippen LogP contribution in [0.25, 0.3) is 10.9 Å². The molecule has 0 bridgehead atoms.